The largest absolute Gasteiger partial charge is 0.374 e. The SMILES string of the molecule is C=CCO[C@@H]1[C@@H](OCc2ccccc2)[C@H](OCc2ccccc2)[C@@H](COCc2ccccc2)O[C@H]1F. The predicted octanol–water partition coefficient (Wildman–Crippen LogP) is 5.64. The number of halogens is 1. The number of rotatable bonds is 13. The number of alkyl halides is 1. The molecular formula is C30H33FO5. The Balaban J connectivity index is 1.52. The fourth-order valence-corrected chi connectivity index (χ4v) is 4.15. The van der Waals surface area contributed by atoms with E-state index in [9.17, 15) is 0 Å². The standard InChI is InChI=1S/C30H33FO5/c1-2-18-33-29-28(35-21-25-16-10-5-11-17-25)27(34-20-24-14-8-4-9-15-24)26(36-30(29)31)22-32-19-23-12-6-3-7-13-23/h2-17,26-30H,1,18-22H2/t26-,27-,28+,29-,30-/m1/s1. The predicted molar refractivity (Wildman–Crippen MR) is 136 cm³/mol. The molecular weight excluding hydrogens is 459 g/mol. The maximum atomic E-state index is 15.3. The molecule has 3 aromatic rings. The zero-order chi connectivity index (χ0) is 25.0. The molecule has 1 aliphatic heterocycles. The molecule has 36 heavy (non-hydrogen) atoms. The van der Waals surface area contributed by atoms with Crippen LogP contribution in [0.15, 0.2) is 104 Å². The maximum absolute atomic E-state index is 15.3. The zero-order valence-corrected chi connectivity index (χ0v) is 20.3. The Hall–Kier alpha value is -2.87. The lowest BCUT2D eigenvalue weighted by atomic mass is 9.98. The first-order chi connectivity index (χ1) is 17.7. The highest BCUT2D eigenvalue weighted by Crippen LogP contribution is 2.31. The van der Waals surface area contributed by atoms with Crippen LogP contribution in [0.25, 0.3) is 0 Å². The first-order valence-corrected chi connectivity index (χ1v) is 12.2. The number of benzene rings is 3. The van der Waals surface area contributed by atoms with Gasteiger partial charge in [-0.05, 0) is 16.7 Å². The molecule has 5 atom stereocenters. The van der Waals surface area contributed by atoms with Crippen LogP contribution in [0.3, 0.4) is 0 Å². The summed E-state index contributed by atoms with van der Waals surface area (Å²) in [6, 6.07) is 29.4. The van der Waals surface area contributed by atoms with Crippen molar-refractivity contribution in [2.24, 2.45) is 0 Å². The summed E-state index contributed by atoms with van der Waals surface area (Å²) in [6.45, 7) is 4.99. The molecule has 6 heteroatoms. The van der Waals surface area contributed by atoms with Crippen LogP contribution in [0.1, 0.15) is 16.7 Å². The van der Waals surface area contributed by atoms with E-state index in [1.54, 1.807) is 6.08 Å². The fraction of sp³-hybridized carbons (Fsp3) is 0.333. The smallest absolute Gasteiger partial charge is 0.228 e. The fourth-order valence-electron chi connectivity index (χ4n) is 4.15. The monoisotopic (exact) mass is 492 g/mol. The Morgan fingerprint density at radius 3 is 1.69 bits per heavy atom. The van der Waals surface area contributed by atoms with Gasteiger partial charge < -0.3 is 23.7 Å². The third-order valence-electron chi connectivity index (χ3n) is 5.95. The van der Waals surface area contributed by atoms with Crippen LogP contribution in [0.5, 0.6) is 0 Å². The Bertz CT molecular complexity index is 1020. The minimum absolute atomic E-state index is 0.147. The molecule has 1 saturated heterocycles. The second-order valence-electron chi connectivity index (χ2n) is 8.64. The molecule has 0 amide bonds. The highest BCUT2D eigenvalue weighted by molar-refractivity contribution is 5.15. The van der Waals surface area contributed by atoms with E-state index in [1.807, 2.05) is 91.0 Å². The summed E-state index contributed by atoms with van der Waals surface area (Å²) in [4.78, 5) is 0. The topological polar surface area (TPSA) is 46.2 Å². The van der Waals surface area contributed by atoms with Crippen molar-refractivity contribution in [3.8, 4) is 0 Å². The molecule has 3 aromatic carbocycles. The summed E-state index contributed by atoms with van der Waals surface area (Å²) in [5.74, 6) is 0. The molecule has 0 N–H and O–H groups in total. The molecule has 1 fully saturated rings. The van der Waals surface area contributed by atoms with Gasteiger partial charge in [0.2, 0.25) is 6.36 Å². The molecule has 0 bridgehead atoms. The normalized spacial score (nSPS) is 23.9. The van der Waals surface area contributed by atoms with E-state index in [0.717, 1.165) is 16.7 Å². The Morgan fingerprint density at radius 1 is 0.667 bits per heavy atom. The molecule has 0 saturated carbocycles. The third kappa shape index (κ3) is 7.56. The highest BCUT2D eigenvalue weighted by Gasteiger charge is 2.48. The second kappa shape index (κ2) is 14.0. The van der Waals surface area contributed by atoms with E-state index >= 15 is 4.39 Å². The van der Waals surface area contributed by atoms with Gasteiger partial charge in [0, 0.05) is 0 Å². The lowest BCUT2D eigenvalue weighted by molar-refractivity contribution is -0.295. The summed E-state index contributed by atoms with van der Waals surface area (Å²) in [6.07, 6.45) is -3.12. The molecule has 0 radical (unpaired) electrons. The molecule has 1 heterocycles. The van der Waals surface area contributed by atoms with Crippen molar-refractivity contribution in [3.05, 3.63) is 120 Å². The Morgan fingerprint density at radius 2 is 1.17 bits per heavy atom. The maximum Gasteiger partial charge on any atom is 0.228 e. The average molecular weight is 493 g/mol. The minimum Gasteiger partial charge on any atom is -0.374 e. The summed E-state index contributed by atoms with van der Waals surface area (Å²) < 4.78 is 45.4. The van der Waals surface area contributed by atoms with Crippen LogP contribution >= 0.6 is 0 Å². The van der Waals surface area contributed by atoms with Gasteiger partial charge in [-0.15, -0.1) is 6.58 Å². The molecule has 0 spiro atoms. The summed E-state index contributed by atoms with van der Waals surface area (Å²) in [5.41, 5.74) is 2.99. The Kier molecular flexibility index (Phi) is 10.2. The molecule has 5 nitrogen and oxygen atoms in total. The highest BCUT2D eigenvalue weighted by atomic mass is 19.1. The van der Waals surface area contributed by atoms with Gasteiger partial charge in [0.25, 0.3) is 0 Å². The average Bonchev–Trinajstić information content (AvgIpc) is 2.92. The Labute approximate surface area is 212 Å². The van der Waals surface area contributed by atoms with Gasteiger partial charge in [0.15, 0.2) is 0 Å². The van der Waals surface area contributed by atoms with Crippen LogP contribution in [0.2, 0.25) is 0 Å². The summed E-state index contributed by atoms with van der Waals surface area (Å²) in [5, 5.41) is 0. The number of hydrogen-bond acceptors (Lipinski definition) is 5. The van der Waals surface area contributed by atoms with Gasteiger partial charge in [-0.3, -0.25) is 0 Å². The van der Waals surface area contributed by atoms with Gasteiger partial charge in [0.05, 0.1) is 33.0 Å². The van der Waals surface area contributed by atoms with E-state index in [1.165, 1.54) is 0 Å². The molecule has 0 aromatic heterocycles. The van der Waals surface area contributed by atoms with Crippen LogP contribution in [-0.2, 0) is 43.5 Å². The molecule has 1 aliphatic rings. The van der Waals surface area contributed by atoms with Gasteiger partial charge in [0.1, 0.15) is 24.4 Å². The van der Waals surface area contributed by atoms with E-state index in [2.05, 4.69) is 6.58 Å². The van der Waals surface area contributed by atoms with Crippen LogP contribution in [0, 0.1) is 0 Å². The van der Waals surface area contributed by atoms with Crippen LogP contribution in [0.4, 0.5) is 4.39 Å². The number of hydrogen-bond donors (Lipinski definition) is 0. The number of ether oxygens (including phenoxy) is 5. The lowest BCUT2D eigenvalue weighted by Crippen LogP contribution is -2.60. The lowest BCUT2D eigenvalue weighted by Gasteiger charge is -2.43. The first-order valence-electron chi connectivity index (χ1n) is 12.2. The van der Waals surface area contributed by atoms with E-state index in [-0.39, 0.29) is 19.8 Å². The first kappa shape index (κ1) is 26.2. The van der Waals surface area contributed by atoms with Crippen molar-refractivity contribution in [2.75, 3.05) is 13.2 Å². The van der Waals surface area contributed by atoms with Crippen molar-refractivity contribution >= 4 is 0 Å². The van der Waals surface area contributed by atoms with Crippen LogP contribution < -0.4 is 0 Å². The molecule has 4 rings (SSSR count). The third-order valence-corrected chi connectivity index (χ3v) is 5.95. The summed E-state index contributed by atoms with van der Waals surface area (Å²) >= 11 is 0. The second-order valence-corrected chi connectivity index (χ2v) is 8.64. The zero-order valence-electron chi connectivity index (χ0n) is 20.3. The summed E-state index contributed by atoms with van der Waals surface area (Å²) in [7, 11) is 0. The molecule has 190 valence electrons. The van der Waals surface area contributed by atoms with Gasteiger partial charge in [-0.2, -0.15) is 0 Å². The van der Waals surface area contributed by atoms with Crippen molar-refractivity contribution in [1.82, 2.24) is 0 Å². The van der Waals surface area contributed by atoms with E-state index in [4.69, 9.17) is 23.7 Å². The molecule has 0 aliphatic carbocycles. The van der Waals surface area contributed by atoms with Gasteiger partial charge in [-0.1, -0.05) is 97.1 Å². The van der Waals surface area contributed by atoms with Crippen molar-refractivity contribution in [1.29, 1.82) is 0 Å². The van der Waals surface area contributed by atoms with Gasteiger partial charge >= 0.3 is 0 Å². The van der Waals surface area contributed by atoms with Crippen molar-refractivity contribution in [3.63, 3.8) is 0 Å². The van der Waals surface area contributed by atoms with E-state index < -0.39 is 30.8 Å². The molecule has 0 unspecified atom stereocenters. The van der Waals surface area contributed by atoms with Crippen molar-refractivity contribution in [2.45, 2.75) is 50.6 Å². The van der Waals surface area contributed by atoms with Crippen molar-refractivity contribution < 1.29 is 28.1 Å². The van der Waals surface area contributed by atoms with Gasteiger partial charge in [-0.25, -0.2) is 4.39 Å². The van der Waals surface area contributed by atoms with E-state index in [0.29, 0.717) is 13.2 Å². The minimum atomic E-state index is -1.70. The quantitative estimate of drug-likeness (QED) is 0.289. The van der Waals surface area contributed by atoms with Crippen LogP contribution in [-0.4, -0.2) is 44.0 Å².